The van der Waals surface area contributed by atoms with E-state index < -0.39 is 0 Å². The number of fused-ring (bicyclic) bond motifs is 1. The summed E-state index contributed by atoms with van der Waals surface area (Å²) >= 11 is 1.41. The highest BCUT2D eigenvalue weighted by atomic mass is 32.1. The molecule has 140 valence electrons. The van der Waals surface area contributed by atoms with Crippen molar-refractivity contribution in [2.45, 2.75) is 19.9 Å². The molecular weight excluding hydrogens is 372 g/mol. The Morgan fingerprint density at radius 3 is 2.82 bits per heavy atom. The molecular formula is C21H18N4O2S. The number of amides is 1. The Bertz CT molecular complexity index is 1200. The molecule has 0 bridgehead atoms. The molecule has 0 spiro atoms. The maximum Gasteiger partial charge on any atom is 0.261 e. The maximum absolute atomic E-state index is 12.7. The predicted molar refractivity (Wildman–Crippen MR) is 111 cm³/mol. The number of anilines is 1. The first-order chi connectivity index (χ1) is 13.6. The van der Waals surface area contributed by atoms with Crippen LogP contribution >= 0.6 is 11.3 Å². The van der Waals surface area contributed by atoms with Crippen LogP contribution in [0, 0.1) is 6.92 Å². The number of aryl methyl sites for hydroxylation is 1. The Balaban J connectivity index is 1.48. The van der Waals surface area contributed by atoms with Crippen LogP contribution in [0.1, 0.15) is 16.3 Å². The lowest BCUT2D eigenvalue weighted by Gasteiger charge is -2.05. The topological polar surface area (TPSA) is 76.9 Å². The van der Waals surface area contributed by atoms with Gasteiger partial charge in [0.1, 0.15) is 5.01 Å². The molecule has 0 saturated heterocycles. The van der Waals surface area contributed by atoms with Gasteiger partial charge in [0.25, 0.3) is 5.56 Å². The molecule has 7 heteroatoms. The van der Waals surface area contributed by atoms with Crippen molar-refractivity contribution in [1.29, 1.82) is 0 Å². The summed E-state index contributed by atoms with van der Waals surface area (Å²) in [5.41, 5.74) is 3.11. The van der Waals surface area contributed by atoms with Gasteiger partial charge >= 0.3 is 0 Å². The van der Waals surface area contributed by atoms with Gasteiger partial charge < -0.3 is 5.32 Å². The van der Waals surface area contributed by atoms with E-state index in [1.54, 1.807) is 10.9 Å². The van der Waals surface area contributed by atoms with E-state index in [1.165, 1.54) is 11.3 Å². The van der Waals surface area contributed by atoms with Gasteiger partial charge in [-0.15, -0.1) is 11.3 Å². The predicted octanol–water partition coefficient (Wildman–Crippen LogP) is 3.39. The van der Waals surface area contributed by atoms with Gasteiger partial charge in [-0.05, 0) is 31.2 Å². The maximum atomic E-state index is 12.7. The molecule has 0 saturated carbocycles. The fourth-order valence-corrected chi connectivity index (χ4v) is 3.71. The molecule has 2 aromatic heterocycles. The van der Waals surface area contributed by atoms with E-state index in [-0.39, 0.29) is 17.9 Å². The third-order valence-corrected chi connectivity index (χ3v) is 5.18. The van der Waals surface area contributed by atoms with E-state index in [0.29, 0.717) is 22.5 Å². The summed E-state index contributed by atoms with van der Waals surface area (Å²) < 4.78 is 1.55. The van der Waals surface area contributed by atoms with Gasteiger partial charge in [-0.25, -0.2) is 9.97 Å². The minimum Gasteiger partial charge on any atom is -0.326 e. The Morgan fingerprint density at radius 2 is 2.00 bits per heavy atom. The lowest BCUT2D eigenvalue weighted by atomic mass is 10.2. The molecule has 1 amide bonds. The third-order valence-electron chi connectivity index (χ3n) is 4.28. The number of carbonyl (C=O) groups is 1. The van der Waals surface area contributed by atoms with Crippen molar-refractivity contribution in [3.05, 3.63) is 86.9 Å². The van der Waals surface area contributed by atoms with Gasteiger partial charge in [0, 0.05) is 11.1 Å². The number of rotatable bonds is 5. The monoisotopic (exact) mass is 390 g/mol. The average Bonchev–Trinajstić information content (AvgIpc) is 3.12. The van der Waals surface area contributed by atoms with Crippen LogP contribution in [0.15, 0.2) is 65.0 Å². The van der Waals surface area contributed by atoms with Crippen molar-refractivity contribution in [2.75, 3.05) is 5.32 Å². The lowest BCUT2D eigenvalue weighted by molar-refractivity contribution is -0.115. The number of thiazole rings is 1. The summed E-state index contributed by atoms with van der Waals surface area (Å²) in [4.78, 5) is 33.7. The largest absolute Gasteiger partial charge is 0.326 e. The van der Waals surface area contributed by atoms with Crippen molar-refractivity contribution in [1.82, 2.24) is 14.5 Å². The van der Waals surface area contributed by atoms with Crippen molar-refractivity contribution < 1.29 is 4.79 Å². The SMILES string of the molecule is Cc1ccc2ncn(Cc3csc(CC(=O)Nc4ccccc4)n3)c(=O)c2c1. The van der Waals surface area contributed by atoms with Crippen molar-refractivity contribution >= 4 is 33.8 Å². The fraction of sp³-hybridized carbons (Fsp3) is 0.143. The number of hydrogen-bond donors (Lipinski definition) is 1. The van der Waals surface area contributed by atoms with Gasteiger partial charge in [-0.3, -0.25) is 14.2 Å². The molecule has 28 heavy (non-hydrogen) atoms. The molecule has 0 aliphatic rings. The smallest absolute Gasteiger partial charge is 0.261 e. The van der Waals surface area contributed by atoms with Crippen LogP contribution in [-0.4, -0.2) is 20.4 Å². The van der Waals surface area contributed by atoms with Crippen LogP contribution in [0.3, 0.4) is 0 Å². The van der Waals surface area contributed by atoms with Crippen molar-refractivity contribution in [3.63, 3.8) is 0 Å². The summed E-state index contributed by atoms with van der Waals surface area (Å²) in [6.07, 6.45) is 1.74. The first kappa shape index (κ1) is 18.1. The molecule has 0 fully saturated rings. The highest BCUT2D eigenvalue weighted by Gasteiger charge is 2.10. The number of aromatic nitrogens is 3. The van der Waals surface area contributed by atoms with Crippen molar-refractivity contribution in [2.24, 2.45) is 0 Å². The molecule has 2 heterocycles. The minimum absolute atomic E-state index is 0.0925. The number of benzene rings is 2. The summed E-state index contributed by atoms with van der Waals surface area (Å²) in [7, 11) is 0. The molecule has 0 radical (unpaired) electrons. The van der Waals surface area contributed by atoms with Crippen molar-refractivity contribution in [3.8, 4) is 0 Å². The van der Waals surface area contributed by atoms with E-state index in [0.717, 1.165) is 16.9 Å². The second-order valence-corrected chi connectivity index (χ2v) is 7.46. The highest BCUT2D eigenvalue weighted by molar-refractivity contribution is 7.09. The number of nitrogens with zero attached hydrogens (tertiary/aromatic N) is 3. The third kappa shape index (κ3) is 3.99. The fourth-order valence-electron chi connectivity index (χ4n) is 2.93. The molecule has 4 rings (SSSR count). The van der Waals surface area contributed by atoms with Gasteiger partial charge in [-0.2, -0.15) is 0 Å². The Kier molecular flexibility index (Phi) is 4.99. The molecule has 1 N–H and O–H groups in total. The Morgan fingerprint density at radius 1 is 1.18 bits per heavy atom. The molecule has 6 nitrogen and oxygen atoms in total. The zero-order chi connectivity index (χ0) is 19.5. The molecule has 2 aromatic carbocycles. The summed E-state index contributed by atoms with van der Waals surface area (Å²) in [5, 5.41) is 6.03. The molecule has 0 aliphatic carbocycles. The minimum atomic E-state index is -0.118. The van der Waals surface area contributed by atoms with E-state index in [2.05, 4.69) is 15.3 Å². The van der Waals surface area contributed by atoms with E-state index in [9.17, 15) is 9.59 Å². The zero-order valence-corrected chi connectivity index (χ0v) is 16.1. The number of hydrogen-bond acceptors (Lipinski definition) is 5. The molecule has 0 atom stereocenters. The molecule has 0 unspecified atom stereocenters. The van der Waals surface area contributed by atoms with Crippen LogP contribution in [-0.2, 0) is 17.8 Å². The van der Waals surface area contributed by atoms with E-state index >= 15 is 0 Å². The lowest BCUT2D eigenvalue weighted by Crippen LogP contribution is -2.21. The van der Waals surface area contributed by atoms with Crippen LogP contribution in [0.2, 0.25) is 0 Å². The zero-order valence-electron chi connectivity index (χ0n) is 15.3. The number of nitrogens with one attached hydrogen (secondary N) is 1. The quantitative estimate of drug-likeness (QED) is 0.567. The Labute approximate surface area is 165 Å². The summed E-state index contributed by atoms with van der Waals surface area (Å²) in [5.74, 6) is -0.118. The number of para-hydroxylation sites is 1. The van der Waals surface area contributed by atoms with Crippen LogP contribution in [0.25, 0.3) is 10.9 Å². The average molecular weight is 390 g/mol. The van der Waals surface area contributed by atoms with Crippen LogP contribution in [0.5, 0.6) is 0 Å². The molecule has 0 aliphatic heterocycles. The van der Waals surface area contributed by atoms with Gasteiger partial charge in [-0.1, -0.05) is 29.8 Å². The second kappa shape index (κ2) is 7.74. The number of carbonyl (C=O) groups excluding carboxylic acids is 1. The van der Waals surface area contributed by atoms with Gasteiger partial charge in [0.2, 0.25) is 5.91 Å². The van der Waals surface area contributed by atoms with Gasteiger partial charge in [0.15, 0.2) is 0 Å². The van der Waals surface area contributed by atoms with E-state index in [4.69, 9.17) is 0 Å². The first-order valence-corrected chi connectivity index (χ1v) is 9.70. The standard InChI is InChI=1S/C21H18N4O2S/c1-14-7-8-18-17(9-14)21(27)25(13-22-18)11-16-12-28-20(24-16)10-19(26)23-15-5-3-2-4-6-15/h2-9,12-13H,10-11H2,1H3,(H,23,26). The van der Waals surface area contributed by atoms with Crippen LogP contribution < -0.4 is 10.9 Å². The molecule has 4 aromatic rings. The van der Waals surface area contributed by atoms with Gasteiger partial charge in [0.05, 0.1) is 35.9 Å². The summed E-state index contributed by atoms with van der Waals surface area (Å²) in [6.45, 7) is 2.27. The van der Waals surface area contributed by atoms with E-state index in [1.807, 2.05) is 60.8 Å². The summed E-state index contributed by atoms with van der Waals surface area (Å²) in [6, 6.07) is 14.9. The normalized spacial score (nSPS) is 10.9. The first-order valence-electron chi connectivity index (χ1n) is 8.82. The Hall–Kier alpha value is -3.32. The highest BCUT2D eigenvalue weighted by Crippen LogP contribution is 2.14. The second-order valence-electron chi connectivity index (χ2n) is 6.52. The van der Waals surface area contributed by atoms with Crippen LogP contribution in [0.4, 0.5) is 5.69 Å².